The van der Waals surface area contributed by atoms with E-state index >= 15 is 0 Å². The van der Waals surface area contributed by atoms with E-state index < -0.39 is 0 Å². The number of hydrogen-bond acceptors (Lipinski definition) is 5. The van der Waals surface area contributed by atoms with Gasteiger partial charge in [-0.15, -0.1) is 10.2 Å². The summed E-state index contributed by atoms with van der Waals surface area (Å²) in [6.07, 6.45) is 0. The van der Waals surface area contributed by atoms with Gasteiger partial charge in [-0.25, -0.2) is 4.39 Å². The number of halogens is 1. The summed E-state index contributed by atoms with van der Waals surface area (Å²) in [4.78, 5) is 14.2. The molecule has 0 saturated heterocycles. The Bertz CT molecular complexity index is 974. The number of amides is 1. The molecule has 5 nitrogen and oxygen atoms in total. The van der Waals surface area contributed by atoms with Crippen molar-refractivity contribution in [3.8, 4) is 11.5 Å². The topological polar surface area (TPSA) is 59.2 Å². The minimum Gasteiger partial charge on any atom is -0.411 e. The second-order valence-corrected chi connectivity index (χ2v) is 7.43. The molecule has 1 amide bonds. The van der Waals surface area contributed by atoms with Gasteiger partial charge in [-0.05, 0) is 61.7 Å². The number of benzene rings is 2. The van der Waals surface area contributed by atoms with E-state index in [4.69, 9.17) is 4.42 Å². The Hall–Kier alpha value is -2.67. The first-order valence-electron chi connectivity index (χ1n) is 9.02. The largest absolute Gasteiger partial charge is 0.411 e. The van der Waals surface area contributed by atoms with Crippen LogP contribution in [0.2, 0.25) is 0 Å². The second-order valence-electron chi connectivity index (χ2n) is 6.50. The zero-order chi connectivity index (χ0) is 20.1. The first-order chi connectivity index (χ1) is 13.5. The predicted molar refractivity (Wildman–Crippen MR) is 107 cm³/mol. The number of aromatic nitrogens is 2. The average molecular weight is 399 g/mol. The molecule has 1 aromatic heterocycles. The van der Waals surface area contributed by atoms with Crippen molar-refractivity contribution in [1.29, 1.82) is 0 Å². The second kappa shape index (κ2) is 9.01. The van der Waals surface area contributed by atoms with Gasteiger partial charge in [0.15, 0.2) is 0 Å². The molecule has 0 N–H and O–H groups in total. The number of rotatable bonds is 7. The minimum atomic E-state index is -0.305. The lowest BCUT2D eigenvalue weighted by atomic mass is 10.1. The first-order valence-corrected chi connectivity index (χ1v) is 10.0. The van der Waals surface area contributed by atoms with Crippen LogP contribution >= 0.6 is 11.8 Å². The van der Waals surface area contributed by atoms with Crippen LogP contribution in [-0.2, 0) is 11.3 Å². The zero-order valence-corrected chi connectivity index (χ0v) is 16.9. The molecule has 0 aliphatic carbocycles. The lowest BCUT2D eigenvalue weighted by Gasteiger charge is -2.20. The van der Waals surface area contributed by atoms with E-state index in [-0.39, 0.29) is 17.5 Å². The van der Waals surface area contributed by atoms with Gasteiger partial charge in [-0.1, -0.05) is 30.0 Å². The maximum atomic E-state index is 13.3. The van der Waals surface area contributed by atoms with Crippen LogP contribution in [0.15, 0.2) is 52.1 Å². The molecule has 0 aliphatic heterocycles. The zero-order valence-electron chi connectivity index (χ0n) is 16.1. The van der Waals surface area contributed by atoms with E-state index in [2.05, 4.69) is 10.2 Å². The SMILES string of the molecule is CCN(Cc1cccc(F)c1)C(=O)CSc1nnc(-c2ccc(C)c(C)c2)o1. The van der Waals surface area contributed by atoms with Crippen LogP contribution in [0, 0.1) is 19.7 Å². The van der Waals surface area contributed by atoms with E-state index in [0.717, 1.165) is 16.7 Å². The van der Waals surface area contributed by atoms with E-state index in [1.807, 2.05) is 39.0 Å². The Morgan fingerprint density at radius 1 is 1.14 bits per heavy atom. The molecule has 28 heavy (non-hydrogen) atoms. The van der Waals surface area contributed by atoms with Crippen LogP contribution in [0.3, 0.4) is 0 Å². The number of hydrogen-bond donors (Lipinski definition) is 0. The number of carbonyl (C=O) groups is 1. The normalized spacial score (nSPS) is 10.9. The van der Waals surface area contributed by atoms with Crippen molar-refractivity contribution in [3.05, 3.63) is 65.0 Å². The molecule has 0 spiro atoms. The predicted octanol–water partition coefficient (Wildman–Crippen LogP) is 4.63. The van der Waals surface area contributed by atoms with E-state index in [0.29, 0.717) is 24.2 Å². The Morgan fingerprint density at radius 3 is 2.68 bits per heavy atom. The monoisotopic (exact) mass is 399 g/mol. The van der Waals surface area contributed by atoms with Crippen LogP contribution in [-0.4, -0.2) is 33.3 Å². The maximum absolute atomic E-state index is 13.3. The molecule has 0 fully saturated rings. The summed E-state index contributed by atoms with van der Waals surface area (Å²) in [6.45, 7) is 6.87. The van der Waals surface area contributed by atoms with E-state index in [9.17, 15) is 9.18 Å². The van der Waals surface area contributed by atoms with Crippen LogP contribution in [0.25, 0.3) is 11.5 Å². The van der Waals surface area contributed by atoms with Crippen LogP contribution in [0.1, 0.15) is 23.6 Å². The molecule has 0 atom stereocenters. The molecule has 0 radical (unpaired) electrons. The van der Waals surface area contributed by atoms with Crippen molar-refractivity contribution >= 4 is 17.7 Å². The van der Waals surface area contributed by atoms with Crippen molar-refractivity contribution in [3.63, 3.8) is 0 Å². The van der Waals surface area contributed by atoms with E-state index in [1.54, 1.807) is 17.0 Å². The Labute approximate surface area is 168 Å². The lowest BCUT2D eigenvalue weighted by Crippen LogP contribution is -2.31. The summed E-state index contributed by atoms with van der Waals surface area (Å²) < 4.78 is 19.0. The average Bonchev–Trinajstić information content (AvgIpc) is 3.15. The van der Waals surface area contributed by atoms with Gasteiger partial charge in [0.1, 0.15) is 5.82 Å². The van der Waals surface area contributed by atoms with Gasteiger partial charge in [0.05, 0.1) is 5.75 Å². The van der Waals surface area contributed by atoms with Crippen molar-refractivity contribution in [1.82, 2.24) is 15.1 Å². The van der Waals surface area contributed by atoms with Gasteiger partial charge < -0.3 is 9.32 Å². The molecule has 0 aliphatic rings. The molecule has 3 rings (SSSR count). The van der Waals surface area contributed by atoms with Gasteiger partial charge in [0.2, 0.25) is 11.8 Å². The molecule has 3 aromatic rings. The molecule has 2 aromatic carbocycles. The summed E-state index contributed by atoms with van der Waals surface area (Å²) >= 11 is 1.20. The van der Waals surface area contributed by atoms with Crippen LogP contribution in [0.4, 0.5) is 4.39 Å². The van der Waals surface area contributed by atoms with Crippen LogP contribution in [0.5, 0.6) is 0 Å². The molecular weight excluding hydrogens is 377 g/mol. The van der Waals surface area contributed by atoms with Crippen LogP contribution < -0.4 is 0 Å². The smallest absolute Gasteiger partial charge is 0.277 e. The fourth-order valence-electron chi connectivity index (χ4n) is 2.71. The molecule has 0 saturated carbocycles. The summed E-state index contributed by atoms with van der Waals surface area (Å²) in [5.41, 5.74) is 3.96. The third-order valence-electron chi connectivity index (χ3n) is 4.48. The van der Waals surface area contributed by atoms with Gasteiger partial charge in [0, 0.05) is 18.7 Å². The number of aryl methyl sites for hydroxylation is 2. The molecule has 7 heteroatoms. The fourth-order valence-corrected chi connectivity index (χ4v) is 3.37. The highest BCUT2D eigenvalue weighted by molar-refractivity contribution is 7.99. The van der Waals surface area contributed by atoms with E-state index in [1.165, 1.54) is 29.5 Å². The highest BCUT2D eigenvalue weighted by Crippen LogP contribution is 2.25. The Balaban J connectivity index is 1.60. The quantitative estimate of drug-likeness (QED) is 0.542. The standard InChI is InChI=1S/C21H22FN3O2S/c1-4-25(12-16-6-5-7-18(22)11-16)19(26)13-28-21-24-23-20(27-21)17-9-8-14(2)15(3)10-17/h5-11H,4,12-13H2,1-3H3. The van der Waals surface area contributed by atoms with Gasteiger partial charge >= 0.3 is 0 Å². The highest BCUT2D eigenvalue weighted by atomic mass is 32.2. The van der Waals surface area contributed by atoms with Gasteiger partial charge in [-0.2, -0.15) is 0 Å². The summed E-state index contributed by atoms with van der Waals surface area (Å²) in [5.74, 6) is 0.241. The number of thioether (sulfide) groups is 1. The summed E-state index contributed by atoms with van der Waals surface area (Å²) in [6, 6.07) is 12.2. The highest BCUT2D eigenvalue weighted by Gasteiger charge is 2.16. The molecule has 0 bridgehead atoms. The molecule has 0 unspecified atom stereocenters. The summed E-state index contributed by atoms with van der Waals surface area (Å²) in [7, 11) is 0. The Morgan fingerprint density at radius 2 is 1.96 bits per heavy atom. The van der Waals surface area contributed by atoms with Crippen molar-refractivity contribution < 1.29 is 13.6 Å². The third-order valence-corrected chi connectivity index (χ3v) is 5.28. The first kappa shape index (κ1) is 20.1. The van der Waals surface area contributed by atoms with Gasteiger partial charge in [0.25, 0.3) is 5.22 Å². The maximum Gasteiger partial charge on any atom is 0.277 e. The van der Waals surface area contributed by atoms with Gasteiger partial charge in [-0.3, -0.25) is 4.79 Å². The lowest BCUT2D eigenvalue weighted by molar-refractivity contribution is -0.128. The molecule has 1 heterocycles. The molecule has 146 valence electrons. The fraction of sp³-hybridized carbons (Fsp3) is 0.286. The van der Waals surface area contributed by atoms with Crippen molar-refractivity contribution in [2.75, 3.05) is 12.3 Å². The molecular formula is C21H22FN3O2S. The number of nitrogens with zero attached hydrogens (tertiary/aromatic N) is 3. The van der Waals surface area contributed by atoms with Crippen molar-refractivity contribution in [2.24, 2.45) is 0 Å². The third kappa shape index (κ3) is 4.98. The minimum absolute atomic E-state index is 0.0670. The Kier molecular flexibility index (Phi) is 6.46. The van der Waals surface area contributed by atoms with Crippen molar-refractivity contribution in [2.45, 2.75) is 32.5 Å². The number of carbonyl (C=O) groups excluding carboxylic acids is 1. The summed E-state index contributed by atoms with van der Waals surface area (Å²) in [5, 5.41) is 8.45.